The number of hydrogen-bond donors (Lipinski definition) is 1. The molecular formula is C12H16BCl2NO2. The molecule has 2 rings (SSSR count). The average molecular weight is 288 g/mol. The fourth-order valence-electron chi connectivity index (χ4n) is 1.79. The molecule has 0 radical (unpaired) electrons. The molecule has 0 atom stereocenters. The third kappa shape index (κ3) is 2.23. The van der Waals surface area contributed by atoms with E-state index in [1.807, 2.05) is 27.7 Å². The molecule has 1 aliphatic rings. The lowest BCUT2D eigenvalue weighted by Crippen LogP contribution is -2.41. The first-order chi connectivity index (χ1) is 8.14. The third-order valence-corrected chi connectivity index (χ3v) is 4.22. The molecule has 0 amide bonds. The molecule has 0 bridgehead atoms. The summed E-state index contributed by atoms with van der Waals surface area (Å²) < 4.78 is 11.8. The molecule has 18 heavy (non-hydrogen) atoms. The highest BCUT2D eigenvalue weighted by Crippen LogP contribution is 2.37. The second-order valence-corrected chi connectivity index (χ2v) is 6.30. The second-order valence-electron chi connectivity index (χ2n) is 5.49. The van der Waals surface area contributed by atoms with Gasteiger partial charge in [0.2, 0.25) is 0 Å². The van der Waals surface area contributed by atoms with Crippen LogP contribution in [0, 0.1) is 0 Å². The van der Waals surface area contributed by atoms with E-state index in [9.17, 15) is 0 Å². The van der Waals surface area contributed by atoms with Crippen molar-refractivity contribution in [3.63, 3.8) is 0 Å². The summed E-state index contributed by atoms with van der Waals surface area (Å²) >= 11 is 12.4. The number of nitrogen functional groups attached to an aromatic ring is 1. The molecule has 1 aliphatic heterocycles. The van der Waals surface area contributed by atoms with Gasteiger partial charge in [-0.1, -0.05) is 23.2 Å². The fourth-order valence-corrected chi connectivity index (χ4v) is 2.47. The third-order valence-electron chi connectivity index (χ3n) is 3.59. The van der Waals surface area contributed by atoms with Crippen LogP contribution < -0.4 is 11.2 Å². The van der Waals surface area contributed by atoms with E-state index < -0.39 is 18.3 Å². The molecule has 1 fully saturated rings. The van der Waals surface area contributed by atoms with Crippen molar-refractivity contribution in [2.24, 2.45) is 0 Å². The number of benzene rings is 1. The zero-order valence-electron chi connectivity index (χ0n) is 10.9. The summed E-state index contributed by atoms with van der Waals surface area (Å²) in [4.78, 5) is 0. The van der Waals surface area contributed by atoms with Gasteiger partial charge in [0, 0.05) is 21.2 Å². The number of nitrogens with two attached hydrogens (primary N) is 1. The van der Waals surface area contributed by atoms with E-state index in [0.717, 1.165) is 0 Å². The SMILES string of the molecule is CC1(C)OB(c2c(Cl)cc(N)cc2Cl)OC1(C)C. The van der Waals surface area contributed by atoms with E-state index in [4.69, 9.17) is 38.2 Å². The maximum atomic E-state index is 6.18. The topological polar surface area (TPSA) is 44.5 Å². The highest BCUT2D eigenvalue weighted by molar-refractivity contribution is 6.69. The first-order valence-corrected chi connectivity index (χ1v) is 6.50. The van der Waals surface area contributed by atoms with E-state index in [2.05, 4.69) is 0 Å². The summed E-state index contributed by atoms with van der Waals surface area (Å²) in [6.45, 7) is 7.91. The molecular weight excluding hydrogens is 272 g/mol. The van der Waals surface area contributed by atoms with Crippen molar-refractivity contribution >= 4 is 41.5 Å². The summed E-state index contributed by atoms with van der Waals surface area (Å²) in [7, 11) is -0.574. The van der Waals surface area contributed by atoms with Crippen LogP contribution in [0.15, 0.2) is 12.1 Å². The van der Waals surface area contributed by atoms with Gasteiger partial charge in [-0.2, -0.15) is 0 Å². The van der Waals surface area contributed by atoms with Gasteiger partial charge in [-0.25, -0.2) is 0 Å². The van der Waals surface area contributed by atoms with Gasteiger partial charge in [0.15, 0.2) is 0 Å². The van der Waals surface area contributed by atoms with E-state index in [1.54, 1.807) is 12.1 Å². The quantitative estimate of drug-likeness (QED) is 0.638. The molecule has 6 heteroatoms. The Labute approximate surface area is 118 Å². The van der Waals surface area contributed by atoms with Gasteiger partial charge in [-0.05, 0) is 39.8 Å². The first-order valence-electron chi connectivity index (χ1n) is 5.74. The van der Waals surface area contributed by atoms with Crippen molar-refractivity contribution < 1.29 is 9.31 Å². The van der Waals surface area contributed by atoms with Crippen LogP contribution in [-0.4, -0.2) is 18.3 Å². The Morgan fingerprint density at radius 2 is 1.39 bits per heavy atom. The molecule has 3 nitrogen and oxygen atoms in total. The highest BCUT2D eigenvalue weighted by Gasteiger charge is 2.52. The predicted octanol–water partition coefficient (Wildman–Crippen LogP) is 2.87. The maximum Gasteiger partial charge on any atom is 0.497 e. The molecule has 0 aliphatic carbocycles. The molecule has 1 aromatic carbocycles. The Hall–Kier alpha value is -0.415. The largest absolute Gasteiger partial charge is 0.497 e. The first kappa shape index (κ1) is 14.0. The summed E-state index contributed by atoms with van der Waals surface area (Å²) in [6.07, 6.45) is 0. The lowest BCUT2D eigenvalue weighted by Gasteiger charge is -2.32. The van der Waals surface area contributed by atoms with Crippen LogP contribution in [0.2, 0.25) is 10.0 Å². The Kier molecular flexibility index (Phi) is 3.35. The lowest BCUT2D eigenvalue weighted by atomic mass is 9.79. The van der Waals surface area contributed by atoms with Gasteiger partial charge >= 0.3 is 7.12 Å². The molecule has 98 valence electrons. The minimum absolute atomic E-state index is 0.425. The van der Waals surface area contributed by atoms with Crippen molar-refractivity contribution in [3.8, 4) is 0 Å². The lowest BCUT2D eigenvalue weighted by molar-refractivity contribution is 0.00578. The molecule has 0 aromatic heterocycles. The zero-order chi connectivity index (χ0) is 13.7. The van der Waals surface area contributed by atoms with E-state index in [-0.39, 0.29) is 0 Å². The van der Waals surface area contributed by atoms with Crippen molar-refractivity contribution in [2.45, 2.75) is 38.9 Å². The Morgan fingerprint density at radius 1 is 1.00 bits per heavy atom. The molecule has 0 spiro atoms. The molecule has 1 aromatic rings. The molecule has 0 saturated carbocycles. The Bertz CT molecular complexity index is 452. The van der Waals surface area contributed by atoms with Gasteiger partial charge < -0.3 is 15.0 Å². The van der Waals surface area contributed by atoms with Gasteiger partial charge in [0.05, 0.1) is 11.2 Å². The van der Waals surface area contributed by atoms with Crippen LogP contribution in [0.4, 0.5) is 5.69 Å². The number of hydrogen-bond acceptors (Lipinski definition) is 3. The average Bonchev–Trinajstić information content (AvgIpc) is 2.32. The molecule has 2 N–H and O–H groups in total. The van der Waals surface area contributed by atoms with E-state index >= 15 is 0 Å². The van der Waals surface area contributed by atoms with Crippen LogP contribution in [0.5, 0.6) is 0 Å². The normalized spacial score (nSPS) is 21.3. The predicted molar refractivity (Wildman–Crippen MR) is 76.6 cm³/mol. The summed E-state index contributed by atoms with van der Waals surface area (Å²) in [5, 5.41) is 0.914. The monoisotopic (exact) mass is 287 g/mol. The van der Waals surface area contributed by atoms with Gasteiger partial charge in [0.25, 0.3) is 0 Å². The van der Waals surface area contributed by atoms with Gasteiger partial charge in [-0.15, -0.1) is 0 Å². The van der Waals surface area contributed by atoms with Crippen molar-refractivity contribution in [2.75, 3.05) is 5.73 Å². The molecule has 1 heterocycles. The zero-order valence-corrected chi connectivity index (χ0v) is 12.4. The highest BCUT2D eigenvalue weighted by atomic mass is 35.5. The van der Waals surface area contributed by atoms with Crippen molar-refractivity contribution in [1.82, 2.24) is 0 Å². The molecule has 0 unspecified atom stereocenters. The van der Waals surface area contributed by atoms with Crippen LogP contribution in [0.25, 0.3) is 0 Å². The standard InChI is InChI=1S/C12H16BCl2NO2/c1-11(2)12(3,4)18-13(17-11)10-8(14)5-7(16)6-9(10)15/h5-6H,16H2,1-4H3. The van der Waals surface area contributed by atoms with Gasteiger partial charge in [0.1, 0.15) is 0 Å². The summed E-state index contributed by atoms with van der Waals surface area (Å²) in [5.41, 5.74) is 5.98. The summed E-state index contributed by atoms with van der Waals surface area (Å²) in [6, 6.07) is 3.29. The number of halogens is 2. The second kappa shape index (κ2) is 4.31. The van der Waals surface area contributed by atoms with Crippen LogP contribution in [-0.2, 0) is 9.31 Å². The van der Waals surface area contributed by atoms with Crippen molar-refractivity contribution in [3.05, 3.63) is 22.2 Å². The smallest absolute Gasteiger partial charge is 0.399 e. The maximum absolute atomic E-state index is 6.18. The minimum Gasteiger partial charge on any atom is -0.399 e. The minimum atomic E-state index is -0.574. The van der Waals surface area contributed by atoms with Crippen LogP contribution in [0.3, 0.4) is 0 Å². The number of anilines is 1. The van der Waals surface area contributed by atoms with Crippen molar-refractivity contribution in [1.29, 1.82) is 0 Å². The van der Waals surface area contributed by atoms with E-state index in [1.165, 1.54) is 0 Å². The molecule has 1 saturated heterocycles. The fraction of sp³-hybridized carbons (Fsp3) is 0.500. The van der Waals surface area contributed by atoms with Crippen LogP contribution in [0.1, 0.15) is 27.7 Å². The summed E-state index contributed by atoms with van der Waals surface area (Å²) in [5.74, 6) is 0. The van der Waals surface area contributed by atoms with Crippen LogP contribution >= 0.6 is 23.2 Å². The van der Waals surface area contributed by atoms with Gasteiger partial charge in [-0.3, -0.25) is 0 Å². The Balaban J connectivity index is 2.42. The van der Waals surface area contributed by atoms with E-state index in [0.29, 0.717) is 21.2 Å². The number of rotatable bonds is 1. The Morgan fingerprint density at radius 3 is 1.78 bits per heavy atom.